The van der Waals surface area contributed by atoms with Crippen molar-refractivity contribution in [3.63, 3.8) is 0 Å². The second-order valence-corrected chi connectivity index (χ2v) is 4.86. The van der Waals surface area contributed by atoms with Gasteiger partial charge in [-0.25, -0.2) is 13.1 Å². The summed E-state index contributed by atoms with van der Waals surface area (Å²) >= 11 is 0. The molecule has 0 bridgehead atoms. The van der Waals surface area contributed by atoms with E-state index in [4.69, 9.17) is 0 Å². The molecule has 1 rings (SSSR count). The van der Waals surface area contributed by atoms with E-state index in [0.717, 1.165) is 6.42 Å². The van der Waals surface area contributed by atoms with Gasteiger partial charge in [0.1, 0.15) is 0 Å². The average Bonchev–Trinajstić information content (AvgIpc) is 1.79. The number of hydrogen-bond acceptors (Lipinski definition) is 2. The molecule has 0 amide bonds. The first-order chi connectivity index (χ1) is 4.51. The Bertz CT molecular complexity index is 210. The molecule has 1 fully saturated rings. The van der Waals surface area contributed by atoms with Crippen LogP contribution >= 0.6 is 0 Å². The highest BCUT2D eigenvalue weighted by molar-refractivity contribution is 7.89. The second-order valence-electron chi connectivity index (χ2n) is 2.99. The second kappa shape index (κ2) is 2.51. The van der Waals surface area contributed by atoms with Gasteiger partial charge in [0.15, 0.2) is 0 Å². The third kappa shape index (κ3) is 1.70. The molecule has 1 heterocycles. The molecule has 4 heteroatoms. The summed E-state index contributed by atoms with van der Waals surface area (Å²) in [6.07, 6.45) is 0.788. The van der Waals surface area contributed by atoms with Crippen LogP contribution in [0.25, 0.3) is 0 Å². The van der Waals surface area contributed by atoms with Crippen molar-refractivity contribution in [2.75, 3.05) is 5.75 Å². The minimum Gasteiger partial charge on any atom is -0.212 e. The van der Waals surface area contributed by atoms with Gasteiger partial charge in [0.05, 0.1) is 5.75 Å². The van der Waals surface area contributed by atoms with E-state index in [-0.39, 0.29) is 6.04 Å². The Kier molecular flexibility index (Phi) is 2.01. The quantitative estimate of drug-likeness (QED) is 0.559. The lowest BCUT2D eigenvalue weighted by atomic mass is 10.0. The van der Waals surface area contributed by atoms with Gasteiger partial charge in [-0.2, -0.15) is 0 Å². The van der Waals surface area contributed by atoms with Crippen LogP contribution in [0.3, 0.4) is 0 Å². The standard InChI is InChI=1S/C6H13NO2S/c1-5-3-4-10(8,9)7-6(5)2/h5-7H,3-4H2,1-2H3. The molecule has 0 spiro atoms. The first-order valence-corrected chi connectivity index (χ1v) is 5.16. The first kappa shape index (κ1) is 8.01. The zero-order valence-electron chi connectivity index (χ0n) is 6.29. The normalized spacial score (nSPS) is 39.4. The number of rotatable bonds is 0. The Morgan fingerprint density at radius 1 is 1.40 bits per heavy atom. The van der Waals surface area contributed by atoms with Crippen LogP contribution in [0.4, 0.5) is 0 Å². The number of hydrogen-bond donors (Lipinski definition) is 1. The summed E-state index contributed by atoms with van der Waals surface area (Å²) in [6, 6.07) is 0.110. The van der Waals surface area contributed by atoms with Crippen LogP contribution in [0, 0.1) is 5.92 Å². The van der Waals surface area contributed by atoms with Crippen LogP contribution in [0.15, 0.2) is 0 Å². The highest BCUT2D eigenvalue weighted by atomic mass is 32.2. The Morgan fingerprint density at radius 2 is 2.00 bits per heavy atom. The minimum atomic E-state index is -2.91. The summed E-state index contributed by atoms with van der Waals surface area (Å²) in [7, 11) is -2.91. The maximum Gasteiger partial charge on any atom is 0.211 e. The van der Waals surface area contributed by atoms with Crippen LogP contribution in [-0.2, 0) is 10.0 Å². The smallest absolute Gasteiger partial charge is 0.211 e. The van der Waals surface area contributed by atoms with E-state index in [9.17, 15) is 8.42 Å². The zero-order chi connectivity index (χ0) is 7.78. The number of sulfonamides is 1. The molecule has 1 aliphatic heterocycles. The molecular weight excluding hydrogens is 150 g/mol. The van der Waals surface area contributed by atoms with Crippen molar-refractivity contribution in [1.29, 1.82) is 0 Å². The largest absolute Gasteiger partial charge is 0.212 e. The molecule has 0 aromatic heterocycles. The Balaban J connectivity index is 2.66. The molecule has 3 nitrogen and oxygen atoms in total. The topological polar surface area (TPSA) is 46.2 Å². The van der Waals surface area contributed by atoms with E-state index < -0.39 is 10.0 Å². The van der Waals surface area contributed by atoms with Crippen LogP contribution in [0.1, 0.15) is 20.3 Å². The Morgan fingerprint density at radius 3 is 2.40 bits per heavy atom. The fourth-order valence-electron chi connectivity index (χ4n) is 1.05. The van der Waals surface area contributed by atoms with Crippen molar-refractivity contribution in [1.82, 2.24) is 4.72 Å². The van der Waals surface area contributed by atoms with Crippen molar-refractivity contribution >= 4 is 10.0 Å². The van der Waals surface area contributed by atoms with E-state index in [2.05, 4.69) is 11.6 Å². The zero-order valence-corrected chi connectivity index (χ0v) is 7.11. The molecule has 0 aromatic rings. The van der Waals surface area contributed by atoms with Gasteiger partial charge in [-0.3, -0.25) is 0 Å². The molecule has 2 atom stereocenters. The first-order valence-electron chi connectivity index (χ1n) is 3.51. The molecule has 60 valence electrons. The fraction of sp³-hybridized carbons (Fsp3) is 1.00. The monoisotopic (exact) mass is 163 g/mol. The third-order valence-electron chi connectivity index (χ3n) is 2.06. The number of nitrogens with one attached hydrogen (secondary N) is 1. The van der Waals surface area contributed by atoms with E-state index in [1.165, 1.54) is 0 Å². The highest BCUT2D eigenvalue weighted by Crippen LogP contribution is 2.15. The van der Waals surface area contributed by atoms with Gasteiger partial charge in [-0.1, -0.05) is 6.92 Å². The lowest BCUT2D eigenvalue weighted by molar-refractivity contribution is 0.409. The Hall–Kier alpha value is -0.0900. The van der Waals surface area contributed by atoms with Crippen LogP contribution in [0.2, 0.25) is 0 Å². The predicted octanol–water partition coefficient (Wildman–Crippen LogP) is 0.334. The van der Waals surface area contributed by atoms with Gasteiger partial charge in [0, 0.05) is 6.04 Å². The third-order valence-corrected chi connectivity index (χ3v) is 3.56. The summed E-state index contributed by atoms with van der Waals surface area (Å²) in [4.78, 5) is 0. The van der Waals surface area contributed by atoms with Gasteiger partial charge in [-0.15, -0.1) is 0 Å². The molecule has 0 radical (unpaired) electrons. The van der Waals surface area contributed by atoms with Crippen LogP contribution in [-0.4, -0.2) is 20.2 Å². The SMILES string of the molecule is CC1CCS(=O)(=O)NC1C. The lowest BCUT2D eigenvalue weighted by Crippen LogP contribution is -2.43. The van der Waals surface area contributed by atoms with Gasteiger partial charge in [0.25, 0.3) is 0 Å². The molecule has 0 saturated carbocycles. The van der Waals surface area contributed by atoms with Gasteiger partial charge < -0.3 is 0 Å². The summed E-state index contributed by atoms with van der Waals surface area (Å²) in [5.74, 6) is 0.766. The van der Waals surface area contributed by atoms with Gasteiger partial charge >= 0.3 is 0 Å². The molecule has 1 aliphatic rings. The molecular formula is C6H13NO2S. The molecule has 2 unspecified atom stereocenters. The molecule has 0 aliphatic carbocycles. The summed E-state index contributed by atoms with van der Waals surface area (Å²) in [6.45, 7) is 3.97. The predicted molar refractivity (Wildman–Crippen MR) is 40.2 cm³/mol. The minimum absolute atomic E-state index is 0.110. The van der Waals surface area contributed by atoms with Crippen LogP contribution in [0.5, 0.6) is 0 Å². The van der Waals surface area contributed by atoms with Crippen LogP contribution < -0.4 is 4.72 Å². The highest BCUT2D eigenvalue weighted by Gasteiger charge is 2.25. The molecule has 0 aromatic carbocycles. The fourth-order valence-corrected chi connectivity index (χ4v) is 2.65. The summed E-state index contributed by atoms with van der Waals surface area (Å²) < 4.78 is 24.4. The summed E-state index contributed by atoms with van der Waals surface area (Å²) in [5, 5.41) is 0. The summed E-state index contributed by atoms with van der Waals surface area (Å²) in [5.41, 5.74) is 0. The van der Waals surface area contributed by atoms with Crippen molar-refractivity contribution in [2.45, 2.75) is 26.3 Å². The Labute approximate surface area is 61.9 Å². The van der Waals surface area contributed by atoms with E-state index in [1.807, 2.05) is 6.92 Å². The maximum absolute atomic E-state index is 10.9. The average molecular weight is 163 g/mol. The van der Waals surface area contributed by atoms with Crippen molar-refractivity contribution in [3.05, 3.63) is 0 Å². The maximum atomic E-state index is 10.9. The lowest BCUT2D eigenvalue weighted by Gasteiger charge is -2.26. The van der Waals surface area contributed by atoms with Gasteiger partial charge in [0.2, 0.25) is 10.0 Å². The molecule has 1 N–H and O–H groups in total. The molecule has 10 heavy (non-hydrogen) atoms. The van der Waals surface area contributed by atoms with Crippen molar-refractivity contribution in [2.24, 2.45) is 5.92 Å². The van der Waals surface area contributed by atoms with Gasteiger partial charge in [-0.05, 0) is 19.3 Å². The van der Waals surface area contributed by atoms with Crippen molar-refractivity contribution in [3.8, 4) is 0 Å². The van der Waals surface area contributed by atoms with E-state index in [1.54, 1.807) is 0 Å². The van der Waals surface area contributed by atoms with Crippen molar-refractivity contribution < 1.29 is 8.42 Å². The van der Waals surface area contributed by atoms with E-state index >= 15 is 0 Å². The van der Waals surface area contributed by atoms with E-state index in [0.29, 0.717) is 11.7 Å². The molecule has 1 saturated heterocycles.